The van der Waals surface area contributed by atoms with E-state index in [0.717, 1.165) is 38.4 Å². The van der Waals surface area contributed by atoms with Crippen LogP contribution in [0.25, 0.3) is 0 Å². The number of methoxy groups -OCH3 is 1. The molecule has 2 fully saturated rings. The van der Waals surface area contributed by atoms with Crippen LogP contribution in [0, 0.1) is 5.92 Å². The van der Waals surface area contributed by atoms with E-state index in [2.05, 4.69) is 95.9 Å². The van der Waals surface area contributed by atoms with Crippen LogP contribution in [0.1, 0.15) is 50.5 Å². The summed E-state index contributed by atoms with van der Waals surface area (Å²) in [6, 6.07) is 33.9. The molecule has 0 aromatic heterocycles. The number of carbonyl (C=O) groups excluding carboxylic acids is 1. The Balaban J connectivity index is 1.48. The minimum Gasteiger partial charge on any atom is -0.469 e. The van der Waals surface area contributed by atoms with Crippen molar-refractivity contribution in [2.24, 2.45) is 5.92 Å². The van der Waals surface area contributed by atoms with Crippen LogP contribution in [0.5, 0.6) is 0 Å². The molecule has 1 aliphatic carbocycles. The van der Waals surface area contributed by atoms with Gasteiger partial charge in [0.05, 0.1) is 13.5 Å². The average molecular weight is 528 g/mol. The Morgan fingerprint density at radius 1 is 0.842 bits per heavy atom. The number of hydrogen-bond acceptors (Lipinski definition) is 4. The van der Waals surface area contributed by atoms with Gasteiger partial charge in [0, 0.05) is 25.2 Å². The van der Waals surface area contributed by atoms with Crippen LogP contribution < -0.4 is 10.4 Å². The molecule has 3 aromatic carbocycles. The van der Waals surface area contributed by atoms with Crippen molar-refractivity contribution in [2.75, 3.05) is 13.7 Å². The van der Waals surface area contributed by atoms with E-state index in [1.165, 1.54) is 42.3 Å². The van der Waals surface area contributed by atoms with Crippen molar-refractivity contribution in [1.82, 2.24) is 4.90 Å². The van der Waals surface area contributed by atoms with Gasteiger partial charge in [0.25, 0.3) is 8.32 Å². The highest BCUT2D eigenvalue weighted by atomic mass is 28.4. The lowest BCUT2D eigenvalue weighted by Gasteiger charge is -2.39. The molecule has 200 valence electrons. The molecule has 5 rings (SSSR count). The van der Waals surface area contributed by atoms with Gasteiger partial charge in [0.1, 0.15) is 0 Å². The third-order valence-corrected chi connectivity index (χ3v) is 12.9. The van der Waals surface area contributed by atoms with Gasteiger partial charge in [-0.15, -0.1) is 0 Å². The van der Waals surface area contributed by atoms with Crippen molar-refractivity contribution in [3.8, 4) is 0 Å². The molecule has 38 heavy (non-hydrogen) atoms. The minimum absolute atomic E-state index is 0.123. The molecule has 2 aliphatic rings. The zero-order valence-electron chi connectivity index (χ0n) is 22.6. The molecule has 1 aliphatic heterocycles. The quantitative estimate of drug-likeness (QED) is 0.256. The van der Waals surface area contributed by atoms with Gasteiger partial charge in [0.15, 0.2) is 0 Å². The molecule has 0 amide bonds. The first kappa shape index (κ1) is 26.9. The number of nitrogens with zero attached hydrogens (tertiary/aromatic N) is 1. The minimum atomic E-state index is -2.54. The molecule has 0 N–H and O–H groups in total. The molecule has 0 bridgehead atoms. The van der Waals surface area contributed by atoms with Crippen LogP contribution >= 0.6 is 0 Å². The lowest BCUT2D eigenvalue weighted by atomic mass is 9.98. The van der Waals surface area contributed by atoms with Gasteiger partial charge in [-0.2, -0.15) is 0 Å². The van der Waals surface area contributed by atoms with Crippen LogP contribution in [0.3, 0.4) is 0 Å². The van der Waals surface area contributed by atoms with E-state index in [1.807, 2.05) is 0 Å². The Morgan fingerprint density at radius 2 is 1.42 bits per heavy atom. The molecule has 2 atom stereocenters. The van der Waals surface area contributed by atoms with Gasteiger partial charge >= 0.3 is 5.97 Å². The summed E-state index contributed by atoms with van der Waals surface area (Å²) in [5.74, 6) is 0.325. The van der Waals surface area contributed by atoms with Gasteiger partial charge < -0.3 is 9.16 Å². The molecule has 5 heteroatoms. The first-order valence-corrected chi connectivity index (χ1v) is 16.4. The summed E-state index contributed by atoms with van der Waals surface area (Å²) in [5.41, 5.74) is 1.29. The van der Waals surface area contributed by atoms with Crippen LogP contribution in [0.2, 0.25) is 6.04 Å². The van der Waals surface area contributed by atoms with Crippen LogP contribution in [-0.2, 0) is 20.5 Å². The molecule has 4 nitrogen and oxygen atoms in total. The highest BCUT2D eigenvalue weighted by Crippen LogP contribution is 2.35. The van der Waals surface area contributed by atoms with E-state index in [4.69, 9.17) is 9.16 Å². The van der Waals surface area contributed by atoms with Crippen LogP contribution in [0.15, 0.2) is 91.0 Å². The average Bonchev–Trinajstić information content (AvgIpc) is 3.34. The van der Waals surface area contributed by atoms with Crippen LogP contribution in [0.4, 0.5) is 0 Å². The molecule has 1 saturated carbocycles. The SMILES string of the molecule is COC(=O)CC1CC(C[Si](OC2CCCCC2)(c2ccccc2)c2ccccc2)CN1Cc1ccccc1. The predicted octanol–water partition coefficient (Wildman–Crippen LogP) is 5.55. The number of hydrogen-bond donors (Lipinski definition) is 0. The van der Waals surface area contributed by atoms with E-state index >= 15 is 0 Å². The summed E-state index contributed by atoms with van der Waals surface area (Å²) >= 11 is 0. The summed E-state index contributed by atoms with van der Waals surface area (Å²) in [4.78, 5) is 14.9. The maximum Gasteiger partial charge on any atom is 0.307 e. The van der Waals surface area contributed by atoms with E-state index < -0.39 is 8.32 Å². The Morgan fingerprint density at radius 3 is 2.00 bits per heavy atom. The van der Waals surface area contributed by atoms with Crippen molar-refractivity contribution in [2.45, 2.75) is 69.7 Å². The molecule has 1 saturated heterocycles. The first-order chi connectivity index (χ1) is 18.7. The van der Waals surface area contributed by atoms with Gasteiger partial charge in [0.2, 0.25) is 0 Å². The van der Waals surface area contributed by atoms with Gasteiger partial charge in [-0.05, 0) is 47.2 Å². The molecular weight excluding hydrogens is 486 g/mol. The van der Waals surface area contributed by atoms with E-state index in [0.29, 0.717) is 18.4 Å². The number of likely N-dealkylation sites (tertiary alicyclic amines) is 1. The van der Waals surface area contributed by atoms with Gasteiger partial charge in [-0.1, -0.05) is 110 Å². The van der Waals surface area contributed by atoms with Crippen molar-refractivity contribution in [1.29, 1.82) is 0 Å². The fourth-order valence-corrected chi connectivity index (χ4v) is 11.2. The Labute approximate surface area is 229 Å². The second kappa shape index (κ2) is 12.9. The third kappa shape index (κ3) is 6.45. The third-order valence-electron chi connectivity index (χ3n) is 8.45. The summed E-state index contributed by atoms with van der Waals surface area (Å²) in [6.45, 7) is 1.83. The summed E-state index contributed by atoms with van der Waals surface area (Å²) in [6.07, 6.45) is 7.90. The molecule has 2 unspecified atom stereocenters. The standard InChI is InChI=1S/C33H41NO3Si/c1-36-33(35)23-29-22-28(25-34(29)24-27-14-6-2-7-15-27)26-38(31-18-10-4-11-19-31,32-20-12-5-13-21-32)37-30-16-8-3-9-17-30/h2,4-7,10-15,18-21,28-30H,3,8-9,16-17,22-26H2,1H3. The van der Waals surface area contributed by atoms with Gasteiger partial charge in [-0.3, -0.25) is 9.69 Å². The number of carbonyl (C=O) groups is 1. The van der Waals surface area contributed by atoms with Crippen molar-refractivity contribution in [3.05, 3.63) is 96.6 Å². The zero-order chi connectivity index (χ0) is 26.2. The second-order valence-electron chi connectivity index (χ2n) is 11.1. The topological polar surface area (TPSA) is 38.8 Å². The van der Waals surface area contributed by atoms with E-state index in [-0.39, 0.29) is 12.0 Å². The monoisotopic (exact) mass is 527 g/mol. The lowest BCUT2D eigenvalue weighted by molar-refractivity contribution is -0.141. The molecule has 1 heterocycles. The Bertz CT molecular complexity index is 1100. The number of ether oxygens (including phenoxy) is 1. The first-order valence-electron chi connectivity index (χ1n) is 14.3. The maximum atomic E-state index is 12.4. The summed E-state index contributed by atoms with van der Waals surface area (Å²) in [5, 5.41) is 2.73. The van der Waals surface area contributed by atoms with E-state index in [9.17, 15) is 4.79 Å². The lowest BCUT2D eigenvalue weighted by Crippen LogP contribution is -2.63. The second-order valence-corrected chi connectivity index (χ2v) is 14.5. The number of benzene rings is 3. The fourth-order valence-electron chi connectivity index (χ4n) is 6.61. The smallest absolute Gasteiger partial charge is 0.307 e. The summed E-state index contributed by atoms with van der Waals surface area (Å²) < 4.78 is 12.5. The Hall–Kier alpha value is -2.73. The molecule has 0 spiro atoms. The number of esters is 1. The number of rotatable bonds is 10. The zero-order valence-corrected chi connectivity index (χ0v) is 23.6. The van der Waals surface area contributed by atoms with E-state index in [1.54, 1.807) is 0 Å². The predicted molar refractivity (Wildman–Crippen MR) is 156 cm³/mol. The maximum absolute atomic E-state index is 12.4. The van der Waals surface area contributed by atoms with Gasteiger partial charge in [-0.25, -0.2) is 0 Å². The Kier molecular flexibility index (Phi) is 9.10. The highest BCUT2D eigenvalue weighted by Gasteiger charge is 2.46. The normalized spacial score (nSPS) is 20.9. The van der Waals surface area contributed by atoms with Crippen LogP contribution in [-0.4, -0.2) is 45.0 Å². The molecule has 3 aromatic rings. The largest absolute Gasteiger partial charge is 0.469 e. The van der Waals surface area contributed by atoms with Crippen molar-refractivity contribution in [3.63, 3.8) is 0 Å². The molecular formula is C33H41NO3Si. The van der Waals surface area contributed by atoms with Crippen molar-refractivity contribution < 1.29 is 14.0 Å². The molecule has 0 radical (unpaired) electrons. The fraction of sp³-hybridized carbons (Fsp3) is 0.424. The highest BCUT2D eigenvalue weighted by molar-refractivity contribution is 6.97. The van der Waals surface area contributed by atoms with Crippen molar-refractivity contribution >= 4 is 24.7 Å². The summed E-state index contributed by atoms with van der Waals surface area (Å²) in [7, 11) is -1.05.